The first-order valence-corrected chi connectivity index (χ1v) is 8.23. The standard InChI is InChI=1S/C15H25N3OS/c1-15(2,3)9-13(19)17-10-12-5-4-7-18(11-12)14-16-6-8-20-14/h6,8,12H,4-5,7,9-11H2,1-3H3,(H,17,19). The zero-order chi connectivity index (χ0) is 14.6. The van der Waals surface area contributed by atoms with Crippen molar-refractivity contribution in [2.75, 3.05) is 24.5 Å². The Hall–Kier alpha value is -1.10. The van der Waals surface area contributed by atoms with E-state index in [-0.39, 0.29) is 11.3 Å². The van der Waals surface area contributed by atoms with Gasteiger partial charge in [0.15, 0.2) is 5.13 Å². The Bertz CT molecular complexity index is 425. The monoisotopic (exact) mass is 295 g/mol. The summed E-state index contributed by atoms with van der Waals surface area (Å²) in [6.07, 6.45) is 4.82. The average molecular weight is 295 g/mol. The van der Waals surface area contributed by atoms with E-state index in [1.807, 2.05) is 11.6 Å². The maximum Gasteiger partial charge on any atom is 0.220 e. The maximum atomic E-state index is 11.9. The third-order valence-electron chi connectivity index (χ3n) is 3.49. The summed E-state index contributed by atoms with van der Waals surface area (Å²) < 4.78 is 0. The third-order valence-corrected chi connectivity index (χ3v) is 4.32. The molecule has 2 rings (SSSR count). The van der Waals surface area contributed by atoms with E-state index in [1.165, 1.54) is 12.8 Å². The van der Waals surface area contributed by atoms with Crippen LogP contribution in [0.2, 0.25) is 0 Å². The SMILES string of the molecule is CC(C)(C)CC(=O)NCC1CCCN(c2nccs2)C1. The first-order chi connectivity index (χ1) is 9.44. The van der Waals surface area contributed by atoms with Crippen LogP contribution in [-0.4, -0.2) is 30.5 Å². The molecule has 1 amide bonds. The van der Waals surface area contributed by atoms with Gasteiger partial charge in [0.05, 0.1) is 0 Å². The number of thiazole rings is 1. The summed E-state index contributed by atoms with van der Waals surface area (Å²) in [4.78, 5) is 18.6. The van der Waals surface area contributed by atoms with Crippen molar-refractivity contribution in [1.82, 2.24) is 10.3 Å². The topological polar surface area (TPSA) is 45.2 Å². The highest BCUT2D eigenvalue weighted by Crippen LogP contribution is 2.24. The quantitative estimate of drug-likeness (QED) is 0.929. The molecule has 0 bridgehead atoms. The van der Waals surface area contributed by atoms with Crippen molar-refractivity contribution in [2.24, 2.45) is 11.3 Å². The number of piperidine rings is 1. The van der Waals surface area contributed by atoms with E-state index < -0.39 is 0 Å². The predicted molar refractivity (Wildman–Crippen MR) is 84.1 cm³/mol. The molecule has 5 heteroatoms. The number of hydrogen-bond acceptors (Lipinski definition) is 4. The predicted octanol–water partition coefficient (Wildman–Crippen LogP) is 2.91. The van der Waals surface area contributed by atoms with E-state index in [0.29, 0.717) is 12.3 Å². The third kappa shape index (κ3) is 4.78. The Morgan fingerprint density at radius 2 is 2.35 bits per heavy atom. The van der Waals surface area contributed by atoms with Gasteiger partial charge in [-0.2, -0.15) is 0 Å². The van der Waals surface area contributed by atoms with Crippen LogP contribution in [0.3, 0.4) is 0 Å². The van der Waals surface area contributed by atoms with Crippen LogP contribution < -0.4 is 10.2 Å². The second-order valence-electron chi connectivity index (χ2n) is 6.81. The number of nitrogens with zero attached hydrogens (tertiary/aromatic N) is 2. The smallest absolute Gasteiger partial charge is 0.220 e. The summed E-state index contributed by atoms with van der Waals surface area (Å²) in [7, 11) is 0. The van der Waals surface area contributed by atoms with Crippen molar-refractivity contribution in [3.63, 3.8) is 0 Å². The number of rotatable bonds is 4. The molecule has 0 radical (unpaired) electrons. The molecule has 20 heavy (non-hydrogen) atoms. The molecule has 2 heterocycles. The zero-order valence-electron chi connectivity index (χ0n) is 12.7. The molecule has 1 aromatic rings. The summed E-state index contributed by atoms with van der Waals surface area (Å²) in [6, 6.07) is 0. The molecule has 1 N–H and O–H groups in total. The summed E-state index contributed by atoms with van der Waals surface area (Å²) in [5, 5.41) is 6.22. The lowest BCUT2D eigenvalue weighted by Crippen LogP contribution is -2.41. The van der Waals surface area contributed by atoms with Gasteiger partial charge in [0.2, 0.25) is 5.91 Å². The Labute approximate surface area is 125 Å². The summed E-state index contributed by atoms with van der Waals surface area (Å²) in [5.41, 5.74) is 0.0591. The molecule has 1 unspecified atom stereocenters. The van der Waals surface area contributed by atoms with Crippen LogP contribution in [0.15, 0.2) is 11.6 Å². The second-order valence-corrected chi connectivity index (χ2v) is 7.68. The van der Waals surface area contributed by atoms with Crippen LogP contribution in [0.1, 0.15) is 40.0 Å². The normalized spacial score (nSPS) is 19.9. The van der Waals surface area contributed by atoms with Gasteiger partial charge in [-0.1, -0.05) is 20.8 Å². The number of anilines is 1. The number of hydrogen-bond donors (Lipinski definition) is 1. The Kier molecular flexibility index (Phi) is 5.02. The van der Waals surface area contributed by atoms with Crippen LogP contribution in [-0.2, 0) is 4.79 Å². The van der Waals surface area contributed by atoms with E-state index in [9.17, 15) is 4.79 Å². The largest absolute Gasteiger partial charge is 0.356 e. The molecule has 1 aliphatic heterocycles. The van der Waals surface area contributed by atoms with Crippen LogP contribution >= 0.6 is 11.3 Å². The summed E-state index contributed by atoms with van der Waals surface area (Å²) in [5.74, 6) is 0.709. The Morgan fingerprint density at radius 3 is 3.00 bits per heavy atom. The molecule has 0 aromatic carbocycles. The molecule has 1 saturated heterocycles. The molecule has 1 aliphatic rings. The van der Waals surface area contributed by atoms with E-state index in [2.05, 4.69) is 36.0 Å². The number of nitrogens with one attached hydrogen (secondary N) is 1. The highest BCUT2D eigenvalue weighted by molar-refractivity contribution is 7.13. The second kappa shape index (κ2) is 6.57. The van der Waals surface area contributed by atoms with Gasteiger partial charge in [-0.05, 0) is 24.2 Å². The van der Waals surface area contributed by atoms with Gasteiger partial charge in [0.1, 0.15) is 0 Å². The molecule has 0 saturated carbocycles. The van der Waals surface area contributed by atoms with Crippen molar-refractivity contribution in [2.45, 2.75) is 40.0 Å². The van der Waals surface area contributed by atoms with Gasteiger partial charge in [-0.15, -0.1) is 11.3 Å². The minimum absolute atomic E-state index is 0.0591. The van der Waals surface area contributed by atoms with Crippen LogP contribution in [0.25, 0.3) is 0 Å². The van der Waals surface area contributed by atoms with Crippen molar-refractivity contribution in [1.29, 1.82) is 0 Å². The Balaban J connectivity index is 1.77. The van der Waals surface area contributed by atoms with Crippen LogP contribution in [0.5, 0.6) is 0 Å². The molecular weight excluding hydrogens is 270 g/mol. The molecular formula is C15H25N3OS. The van der Waals surface area contributed by atoms with Gasteiger partial charge in [0, 0.05) is 37.6 Å². The van der Waals surface area contributed by atoms with E-state index >= 15 is 0 Å². The molecule has 0 aliphatic carbocycles. The van der Waals surface area contributed by atoms with Crippen molar-refractivity contribution >= 4 is 22.4 Å². The van der Waals surface area contributed by atoms with E-state index in [4.69, 9.17) is 0 Å². The van der Waals surface area contributed by atoms with Gasteiger partial charge < -0.3 is 10.2 Å². The van der Waals surface area contributed by atoms with E-state index in [1.54, 1.807) is 11.3 Å². The summed E-state index contributed by atoms with van der Waals surface area (Å²) >= 11 is 1.69. The van der Waals surface area contributed by atoms with Crippen molar-refractivity contribution < 1.29 is 4.79 Å². The Morgan fingerprint density at radius 1 is 1.55 bits per heavy atom. The molecule has 1 aromatic heterocycles. The maximum absolute atomic E-state index is 11.9. The number of carbonyl (C=O) groups is 1. The zero-order valence-corrected chi connectivity index (χ0v) is 13.5. The summed E-state index contributed by atoms with van der Waals surface area (Å²) in [6.45, 7) is 9.16. The minimum atomic E-state index is 0.0591. The van der Waals surface area contributed by atoms with Crippen molar-refractivity contribution in [3.8, 4) is 0 Å². The molecule has 1 atom stereocenters. The van der Waals surface area contributed by atoms with E-state index in [0.717, 1.165) is 24.8 Å². The first kappa shape index (κ1) is 15.3. The molecule has 112 valence electrons. The number of aromatic nitrogens is 1. The van der Waals surface area contributed by atoms with Gasteiger partial charge >= 0.3 is 0 Å². The minimum Gasteiger partial charge on any atom is -0.356 e. The number of carbonyl (C=O) groups excluding carboxylic acids is 1. The molecule has 0 spiro atoms. The first-order valence-electron chi connectivity index (χ1n) is 7.35. The average Bonchev–Trinajstić information content (AvgIpc) is 2.88. The van der Waals surface area contributed by atoms with Crippen LogP contribution in [0.4, 0.5) is 5.13 Å². The number of amides is 1. The fourth-order valence-corrected chi connectivity index (χ4v) is 3.26. The van der Waals surface area contributed by atoms with Gasteiger partial charge in [0.25, 0.3) is 0 Å². The lowest BCUT2D eigenvalue weighted by atomic mass is 9.91. The lowest BCUT2D eigenvalue weighted by molar-refractivity contribution is -0.123. The highest BCUT2D eigenvalue weighted by Gasteiger charge is 2.22. The van der Waals surface area contributed by atoms with Crippen molar-refractivity contribution in [3.05, 3.63) is 11.6 Å². The lowest BCUT2D eigenvalue weighted by Gasteiger charge is -2.32. The highest BCUT2D eigenvalue weighted by atomic mass is 32.1. The molecule has 1 fully saturated rings. The molecule has 4 nitrogen and oxygen atoms in total. The fraction of sp³-hybridized carbons (Fsp3) is 0.733. The van der Waals surface area contributed by atoms with Gasteiger partial charge in [-0.25, -0.2) is 4.98 Å². The fourth-order valence-electron chi connectivity index (χ4n) is 2.58. The van der Waals surface area contributed by atoms with Gasteiger partial charge in [-0.3, -0.25) is 4.79 Å². The van der Waals surface area contributed by atoms with Crippen LogP contribution in [0, 0.1) is 11.3 Å².